The van der Waals surface area contributed by atoms with E-state index in [2.05, 4.69) is 17.3 Å². The number of nitrogens with one attached hydrogen (secondary N) is 1. The van der Waals surface area contributed by atoms with Gasteiger partial charge in [0.05, 0.1) is 5.52 Å². The average Bonchev–Trinajstić information content (AvgIpc) is 2.99. The largest absolute Gasteiger partial charge is 0.419 e. The van der Waals surface area contributed by atoms with E-state index in [1.807, 2.05) is 18.2 Å². The summed E-state index contributed by atoms with van der Waals surface area (Å²) in [5.41, 5.74) is 2.56. The number of aryl methyl sites for hydroxylation is 1. The molecule has 5 heteroatoms. The number of hydrogen-bond acceptors (Lipinski definition) is 4. The number of aromatic nitrogens is 1. The number of nitrogens with zero attached hydrogens (tertiary/aromatic N) is 2. The van der Waals surface area contributed by atoms with Crippen molar-refractivity contribution in [3.05, 3.63) is 28.7 Å². The zero-order valence-electron chi connectivity index (χ0n) is 11.3. The Balaban J connectivity index is 1.85. The van der Waals surface area contributed by atoms with Crippen LogP contribution in [0, 0.1) is 0 Å². The predicted octanol–water partition coefficient (Wildman–Crippen LogP) is 1.32. The van der Waals surface area contributed by atoms with E-state index in [4.69, 9.17) is 4.42 Å². The molecule has 19 heavy (non-hydrogen) atoms. The summed E-state index contributed by atoms with van der Waals surface area (Å²) in [6, 6.07) is 6.47. The van der Waals surface area contributed by atoms with Crippen LogP contribution < -0.4 is 16.0 Å². The summed E-state index contributed by atoms with van der Waals surface area (Å²) in [6.45, 7) is 2.09. The molecule has 102 valence electrons. The molecule has 1 aromatic carbocycles. The fourth-order valence-corrected chi connectivity index (χ4v) is 2.71. The molecule has 0 radical (unpaired) electrons. The minimum absolute atomic E-state index is 0.313. The first-order valence-electron chi connectivity index (χ1n) is 6.69. The van der Waals surface area contributed by atoms with Crippen molar-refractivity contribution >= 4 is 16.8 Å². The lowest BCUT2D eigenvalue weighted by Gasteiger charge is -2.23. The van der Waals surface area contributed by atoms with E-state index in [-0.39, 0.29) is 5.76 Å². The molecule has 2 heterocycles. The van der Waals surface area contributed by atoms with Gasteiger partial charge in [-0.2, -0.15) is 0 Å². The highest BCUT2D eigenvalue weighted by atomic mass is 16.4. The van der Waals surface area contributed by atoms with Crippen LogP contribution in [0.4, 0.5) is 5.69 Å². The lowest BCUT2D eigenvalue weighted by atomic mass is 10.2. The Morgan fingerprint density at radius 1 is 1.53 bits per heavy atom. The van der Waals surface area contributed by atoms with E-state index in [0.29, 0.717) is 11.6 Å². The zero-order chi connectivity index (χ0) is 13.4. The first-order chi connectivity index (χ1) is 9.15. The molecule has 0 bridgehead atoms. The lowest BCUT2D eigenvalue weighted by Crippen LogP contribution is -2.35. The van der Waals surface area contributed by atoms with Crippen LogP contribution in [0.15, 0.2) is 27.4 Å². The van der Waals surface area contributed by atoms with Crippen LogP contribution in [0.5, 0.6) is 0 Å². The second-order valence-corrected chi connectivity index (χ2v) is 5.25. The molecular weight excluding hydrogens is 242 g/mol. The molecule has 1 unspecified atom stereocenters. The van der Waals surface area contributed by atoms with Crippen LogP contribution in [0.25, 0.3) is 11.1 Å². The second-order valence-electron chi connectivity index (χ2n) is 5.25. The Bertz CT molecular complexity index is 638. The molecule has 2 aromatic rings. The molecule has 1 fully saturated rings. The first kappa shape index (κ1) is 12.3. The molecule has 0 amide bonds. The Morgan fingerprint density at radius 3 is 3.11 bits per heavy atom. The first-order valence-corrected chi connectivity index (χ1v) is 6.69. The van der Waals surface area contributed by atoms with Gasteiger partial charge in [0, 0.05) is 38.4 Å². The van der Waals surface area contributed by atoms with Crippen molar-refractivity contribution in [2.45, 2.75) is 18.9 Å². The molecule has 3 rings (SSSR count). The van der Waals surface area contributed by atoms with Crippen LogP contribution in [0.1, 0.15) is 12.8 Å². The Morgan fingerprint density at radius 2 is 2.37 bits per heavy atom. The van der Waals surface area contributed by atoms with Gasteiger partial charge in [0.1, 0.15) is 0 Å². The quantitative estimate of drug-likeness (QED) is 0.905. The van der Waals surface area contributed by atoms with Gasteiger partial charge in [-0.1, -0.05) is 0 Å². The average molecular weight is 261 g/mol. The van der Waals surface area contributed by atoms with E-state index in [1.54, 1.807) is 7.05 Å². The number of anilines is 1. The highest BCUT2D eigenvalue weighted by Crippen LogP contribution is 2.21. The highest BCUT2D eigenvalue weighted by Gasteiger charge is 2.16. The van der Waals surface area contributed by atoms with Gasteiger partial charge >= 0.3 is 5.76 Å². The van der Waals surface area contributed by atoms with E-state index in [1.165, 1.54) is 17.4 Å². The maximum absolute atomic E-state index is 11.5. The minimum Gasteiger partial charge on any atom is -0.408 e. The van der Waals surface area contributed by atoms with Crippen molar-refractivity contribution in [2.24, 2.45) is 7.05 Å². The smallest absolute Gasteiger partial charge is 0.408 e. The number of fused-ring (bicyclic) bond motifs is 1. The molecule has 0 spiro atoms. The van der Waals surface area contributed by atoms with Gasteiger partial charge in [-0.3, -0.25) is 4.57 Å². The number of oxazole rings is 1. The van der Waals surface area contributed by atoms with E-state index < -0.39 is 0 Å². The number of rotatable bonds is 3. The summed E-state index contributed by atoms with van der Waals surface area (Å²) >= 11 is 0. The summed E-state index contributed by atoms with van der Waals surface area (Å²) in [4.78, 5) is 13.7. The van der Waals surface area contributed by atoms with Crippen LogP contribution in [-0.2, 0) is 7.05 Å². The molecule has 1 aliphatic rings. The van der Waals surface area contributed by atoms with Crippen LogP contribution in [0.3, 0.4) is 0 Å². The fraction of sp³-hybridized carbons (Fsp3) is 0.500. The SMILES string of the molecule is CN(CC1CCCN1)c1ccc2c(c1)oc(=O)n2C. The van der Waals surface area contributed by atoms with Gasteiger partial charge in [0.25, 0.3) is 0 Å². The molecule has 1 saturated heterocycles. The van der Waals surface area contributed by atoms with E-state index in [0.717, 1.165) is 24.3 Å². The Kier molecular flexibility index (Phi) is 3.06. The maximum Gasteiger partial charge on any atom is 0.419 e. The van der Waals surface area contributed by atoms with Crippen molar-refractivity contribution < 1.29 is 4.42 Å². The van der Waals surface area contributed by atoms with Crippen molar-refractivity contribution in [3.63, 3.8) is 0 Å². The highest BCUT2D eigenvalue weighted by molar-refractivity contribution is 5.77. The van der Waals surface area contributed by atoms with Crippen molar-refractivity contribution in [1.82, 2.24) is 9.88 Å². The molecule has 5 nitrogen and oxygen atoms in total. The van der Waals surface area contributed by atoms with Crippen LogP contribution >= 0.6 is 0 Å². The summed E-state index contributed by atoms with van der Waals surface area (Å²) in [5, 5.41) is 3.49. The lowest BCUT2D eigenvalue weighted by molar-refractivity contribution is 0.528. The monoisotopic (exact) mass is 261 g/mol. The Labute approximate surface area is 111 Å². The Hall–Kier alpha value is -1.75. The van der Waals surface area contributed by atoms with E-state index >= 15 is 0 Å². The van der Waals surface area contributed by atoms with Gasteiger partial charge in [0.2, 0.25) is 0 Å². The van der Waals surface area contributed by atoms with Gasteiger partial charge in [-0.15, -0.1) is 0 Å². The van der Waals surface area contributed by atoms with Gasteiger partial charge in [-0.25, -0.2) is 4.79 Å². The zero-order valence-corrected chi connectivity index (χ0v) is 11.3. The summed E-state index contributed by atoms with van der Waals surface area (Å²) in [7, 11) is 3.79. The topological polar surface area (TPSA) is 50.4 Å². The third-order valence-electron chi connectivity index (χ3n) is 3.87. The third-order valence-corrected chi connectivity index (χ3v) is 3.87. The van der Waals surface area contributed by atoms with Gasteiger partial charge in [0.15, 0.2) is 5.58 Å². The summed E-state index contributed by atoms with van der Waals surface area (Å²) < 4.78 is 6.75. The van der Waals surface area contributed by atoms with Crippen LogP contribution in [0.2, 0.25) is 0 Å². The van der Waals surface area contributed by atoms with E-state index in [9.17, 15) is 4.79 Å². The molecular formula is C14H19N3O2. The van der Waals surface area contributed by atoms with Crippen molar-refractivity contribution in [2.75, 3.05) is 25.0 Å². The number of benzene rings is 1. The normalized spacial score (nSPS) is 19.2. The molecule has 1 atom stereocenters. The van der Waals surface area contributed by atoms with Gasteiger partial charge in [-0.05, 0) is 31.5 Å². The molecule has 0 saturated carbocycles. The molecule has 1 aliphatic heterocycles. The summed E-state index contributed by atoms with van der Waals surface area (Å²) in [5.74, 6) is -0.313. The minimum atomic E-state index is -0.313. The standard InChI is InChI=1S/C14H19N3O2/c1-16(9-10-4-3-7-15-10)11-5-6-12-13(8-11)19-14(18)17(12)2/h5-6,8,10,15H,3-4,7,9H2,1-2H3. The van der Waals surface area contributed by atoms with Crippen molar-refractivity contribution in [3.8, 4) is 0 Å². The predicted molar refractivity (Wildman–Crippen MR) is 75.7 cm³/mol. The molecule has 1 N–H and O–H groups in total. The molecule has 1 aromatic heterocycles. The molecule has 0 aliphatic carbocycles. The van der Waals surface area contributed by atoms with Crippen molar-refractivity contribution in [1.29, 1.82) is 0 Å². The summed E-state index contributed by atoms with van der Waals surface area (Å²) in [6.07, 6.45) is 2.48. The second kappa shape index (κ2) is 4.74. The fourth-order valence-electron chi connectivity index (χ4n) is 2.71. The number of likely N-dealkylation sites (N-methyl/N-ethyl adjacent to an activating group) is 1. The van der Waals surface area contributed by atoms with Gasteiger partial charge < -0.3 is 14.6 Å². The maximum atomic E-state index is 11.5. The van der Waals surface area contributed by atoms with Crippen LogP contribution in [-0.4, -0.2) is 30.7 Å². The number of hydrogen-bond donors (Lipinski definition) is 1. The third kappa shape index (κ3) is 2.26.